The first-order valence-corrected chi connectivity index (χ1v) is 7.88. The molecule has 0 saturated carbocycles. The molecule has 0 saturated heterocycles. The van der Waals surface area contributed by atoms with Crippen LogP contribution in [-0.2, 0) is 5.41 Å². The summed E-state index contributed by atoms with van der Waals surface area (Å²) in [5.74, 6) is 0.594. The van der Waals surface area contributed by atoms with E-state index in [1.807, 2.05) is 7.05 Å². The van der Waals surface area contributed by atoms with Gasteiger partial charge in [-0.2, -0.15) is 0 Å². The van der Waals surface area contributed by atoms with Crippen LogP contribution in [0.4, 0.5) is 0 Å². The van der Waals surface area contributed by atoms with Crippen LogP contribution in [0.25, 0.3) is 0 Å². The van der Waals surface area contributed by atoms with Crippen molar-refractivity contribution in [1.29, 1.82) is 0 Å². The lowest BCUT2D eigenvalue weighted by atomic mass is 9.55. The minimum Gasteiger partial charge on any atom is -0.316 e. The third kappa shape index (κ3) is 1.74. The van der Waals surface area contributed by atoms with Crippen molar-refractivity contribution in [2.45, 2.75) is 24.2 Å². The van der Waals surface area contributed by atoms with E-state index in [2.05, 4.69) is 66.0 Å². The Morgan fingerprint density at radius 1 is 1.05 bits per heavy atom. The molecule has 0 aliphatic heterocycles. The predicted molar refractivity (Wildman–Crippen MR) is 87.8 cm³/mol. The van der Waals surface area contributed by atoms with Crippen LogP contribution >= 0.6 is 0 Å². The number of likely N-dealkylation sites (N-methyl/N-ethyl adjacent to an activating group) is 1. The number of hydrogen-bond donors (Lipinski definition) is 1. The van der Waals surface area contributed by atoms with Crippen molar-refractivity contribution in [1.82, 2.24) is 5.32 Å². The van der Waals surface area contributed by atoms with E-state index >= 15 is 0 Å². The summed E-state index contributed by atoms with van der Waals surface area (Å²) in [5.41, 5.74) is 6.20. The predicted octanol–water partition coefficient (Wildman–Crippen LogP) is 3.99. The Bertz CT molecular complexity index is 651. The molecule has 106 valence electrons. The first kappa shape index (κ1) is 12.8. The minimum atomic E-state index is 0.0821. The zero-order valence-corrected chi connectivity index (χ0v) is 12.5. The van der Waals surface area contributed by atoms with Gasteiger partial charge in [-0.1, -0.05) is 60.7 Å². The maximum atomic E-state index is 3.22. The molecule has 0 amide bonds. The summed E-state index contributed by atoms with van der Waals surface area (Å²) in [4.78, 5) is 0. The van der Waals surface area contributed by atoms with Gasteiger partial charge in [0, 0.05) is 17.9 Å². The van der Waals surface area contributed by atoms with Gasteiger partial charge in [-0.3, -0.25) is 0 Å². The zero-order valence-electron chi connectivity index (χ0n) is 12.5. The standard InChI is InChI=1S/C20H21N/c1-21-14-6-12-20-13-11-15(16-7-2-4-9-18(16)20)17-8-3-5-10-19(17)20/h2-10,12,15,21H,11,13-14H2,1H3/b12-6+. The van der Waals surface area contributed by atoms with Gasteiger partial charge in [0.15, 0.2) is 0 Å². The van der Waals surface area contributed by atoms with E-state index in [0.717, 1.165) is 6.54 Å². The van der Waals surface area contributed by atoms with E-state index < -0.39 is 0 Å². The highest BCUT2D eigenvalue weighted by atomic mass is 14.8. The maximum absolute atomic E-state index is 3.22. The van der Waals surface area contributed by atoms with Gasteiger partial charge in [0.25, 0.3) is 0 Å². The molecule has 0 unspecified atom stereocenters. The van der Waals surface area contributed by atoms with Crippen LogP contribution in [0.5, 0.6) is 0 Å². The fourth-order valence-corrected chi connectivity index (χ4v) is 4.32. The normalized spacial score (nSPS) is 25.9. The van der Waals surface area contributed by atoms with Crippen molar-refractivity contribution in [3.05, 3.63) is 82.9 Å². The molecule has 0 atom stereocenters. The van der Waals surface area contributed by atoms with E-state index in [4.69, 9.17) is 0 Å². The average Bonchev–Trinajstić information content (AvgIpc) is 2.56. The molecule has 0 heterocycles. The summed E-state index contributed by atoms with van der Waals surface area (Å²) in [5, 5.41) is 3.22. The summed E-state index contributed by atoms with van der Waals surface area (Å²) in [6.07, 6.45) is 7.22. The second kappa shape index (κ2) is 4.85. The highest BCUT2D eigenvalue weighted by Gasteiger charge is 2.46. The molecule has 1 heteroatoms. The quantitative estimate of drug-likeness (QED) is 0.835. The second-order valence-electron chi connectivity index (χ2n) is 6.20. The van der Waals surface area contributed by atoms with Crippen LogP contribution in [-0.4, -0.2) is 13.6 Å². The molecule has 0 fully saturated rings. The summed E-state index contributed by atoms with van der Waals surface area (Å²) in [6.45, 7) is 0.926. The van der Waals surface area contributed by atoms with E-state index in [0.29, 0.717) is 5.92 Å². The van der Waals surface area contributed by atoms with Crippen LogP contribution in [0.2, 0.25) is 0 Å². The van der Waals surface area contributed by atoms with Gasteiger partial charge in [-0.05, 0) is 42.1 Å². The maximum Gasteiger partial charge on any atom is 0.0388 e. The summed E-state index contributed by atoms with van der Waals surface area (Å²) >= 11 is 0. The van der Waals surface area contributed by atoms with Crippen molar-refractivity contribution < 1.29 is 0 Å². The average molecular weight is 275 g/mol. The SMILES string of the molecule is CNC/C=C/C12CCC(c3ccccc31)c1ccccc12. The fourth-order valence-electron chi connectivity index (χ4n) is 4.32. The second-order valence-corrected chi connectivity index (χ2v) is 6.20. The topological polar surface area (TPSA) is 12.0 Å². The van der Waals surface area contributed by atoms with E-state index in [1.54, 1.807) is 0 Å². The number of fused-ring (bicyclic) bond motifs is 1. The fraction of sp³-hybridized carbons (Fsp3) is 0.300. The lowest BCUT2D eigenvalue weighted by molar-refractivity contribution is 0.439. The third-order valence-corrected chi connectivity index (χ3v) is 5.19. The molecule has 21 heavy (non-hydrogen) atoms. The molecule has 3 aliphatic rings. The molecule has 0 radical (unpaired) electrons. The number of rotatable bonds is 3. The van der Waals surface area contributed by atoms with Gasteiger partial charge >= 0.3 is 0 Å². The molecule has 3 aliphatic carbocycles. The Morgan fingerprint density at radius 3 is 2.29 bits per heavy atom. The third-order valence-electron chi connectivity index (χ3n) is 5.19. The van der Waals surface area contributed by atoms with Crippen molar-refractivity contribution in [3.63, 3.8) is 0 Å². The molecule has 5 rings (SSSR count). The molecule has 2 aromatic rings. The number of benzene rings is 2. The lowest BCUT2D eigenvalue weighted by Gasteiger charge is -2.48. The van der Waals surface area contributed by atoms with Crippen molar-refractivity contribution in [2.75, 3.05) is 13.6 Å². The summed E-state index contributed by atoms with van der Waals surface area (Å²) in [6, 6.07) is 18.1. The largest absolute Gasteiger partial charge is 0.316 e. The first-order valence-electron chi connectivity index (χ1n) is 7.88. The lowest BCUT2D eigenvalue weighted by Crippen LogP contribution is -2.38. The van der Waals surface area contributed by atoms with E-state index in [-0.39, 0.29) is 5.41 Å². The highest BCUT2D eigenvalue weighted by molar-refractivity contribution is 5.61. The number of hydrogen-bond acceptors (Lipinski definition) is 1. The Kier molecular flexibility index (Phi) is 2.97. The van der Waals surface area contributed by atoms with Gasteiger partial charge in [0.1, 0.15) is 0 Å². The van der Waals surface area contributed by atoms with E-state index in [1.165, 1.54) is 35.1 Å². The van der Waals surface area contributed by atoms with Gasteiger partial charge in [-0.25, -0.2) is 0 Å². The first-order chi connectivity index (χ1) is 10.4. The van der Waals surface area contributed by atoms with Gasteiger partial charge in [0.05, 0.1) is 0 Å². The molecule has 2 bridgehead atoms. The zero-order chi connectivity index (χ0) is 14.3. The van der Waals surface area contributed by atoms with Crippen LogP contribution < -0.4 is 5.32 Å². The summed E-state index contributed by atoms with van der Waals surface area (Å²) < 4.78 is 0. The van der Waals surface area contributed by atoms with E-state index in [9.17, 15) is 0 Å². The molecular formula is C20H21N. The van der Waals surface area contributed by atoms with Crippen molar-refractivity contribution >= 4 is 0 Å². The molecule has 0 aromatic heterocycles. The van der Waals surface area contributed by atoms with Gasteiger partial charge in [-0.15, -0.1) is 0 Å². The Hall–Kier alpha value is -1.86. The highest BCUT2D eigenvalue weighted by Crippen LogP contribution is 2.56. The molecular weight excluding hydrogens is 254 g/mol. The van der Waals surface area contributed by atoms with Crippen molar-refractivity contribution in [2.24, 2.45) is 0 Å². The Balaban J connectivity index is 1.96. The molecule has 0 spiro atoms. The van der Waals surface area contributed by atoms with Crippen LogP contribution in [0, 0.1) is 0 Å². The van der Waals surface area contributed by atoms with Crippen LogP contribution in [0.15, 0.2) is 60.7 Å². The molecule has 2 aromatic carbocycles. The smallest absolute Gasteiger partial charge is 0.0388 e. The van der Waals surface area contributed by atoms with Gasteiger partial charge < -0.3 is 5.32 Å². The molecule has 1 nitrogen and oxygen atoms in total. The minimum absolute atomic E-state index is 0.0821. The van der Waals surface area contributed by atoms with Gasteiger partial charge in [0.2, 0.25) is 0 Å². The monoisotopic (exact) mass is 275 g/mol. The number of allylic oxidation sites excluding steroid dienone is 1. The Labute approximate surface area is 126 Å². The molecule has 1 N–H and O–H groups in total. The van der Waals surface area contributed by atoms with Crippen LogP contribution in [0.1, 0.15) is 41.0 Å². The van der Waals surface area contributed by atoms with Crippen molar-refractivity contribution in [3.8, 4) is 0 Å². The van der Waals surface area contributed by atoms with Crippen LogP contribution in [0.3, 0.4) is 0 Å². The Morgan fingerprint density at radius 2 is 1.67 bits per heavy atom. The number of nitrogens with one attached hydrogen (secondary N) is 1. The summed E-state index contributed by atoms with van der Waals surface area (Å²) in [7, 11) is 2.00.